The van der Waals surface area contributed by atoms with Crippen LogP contribution in [0.15, 0.2) is 12.1 Å². The van der Waals surface area contributed by atoms with Crippen LogP contribution < -0.4 is 9.47 Å². The molecule has 0 aliphatic rings. The van der Waals surface area contributed by atoms with Crippen LogP contribution in [-0.4, -0.2) is 31.1 Å². The van der Waals surface area contributed by atoms with E-state index >= 15 is 0 Å². The van der Waals surface area contributed by atoms with Crippen molar-refractivity contribution in [3.05, 3.63) is 22.7 Å². The summed E-state index contributed by atoms with van der Waals surface area (Å²) >= 11 is 6.00. The second-order valence-electron chi connectivity index (χ2n) is 3.48. The fourth-order valence-electron chi connectivity index (χ4n) is 1.47. The number of carboxylic acid groups (broad SMARTS) is 1. The molecule has 1 aromatic rings. The second-order valence-corrected chi connectivity index (χ2v) is 3.86. The number of halogens is 1. The Balaban J connectivity index is 3.05. The number of methoxy groups -OCH3 is 2. The van der Waals surface area contributed by atoms with Crippen LogP contribution in [0.3, 0.4) is 0 Å². The first-order valence-corrected chi connectivity index (χ1v) is 5.54. The third kappa shape index (κ3) is 3.13. The summed E-state index contributed by atoms with van der Waals surface area (Å²) in [5, 5.41) is 8.74. The van der Waals surface area contributed by atoms with Crippen LogP contribution in [0.4, 0.5) is 0 Å². The molecule has 1 N–H and O–H groups in total. The quantitative estimate of drug-likeness (QED) is 0.805. The molecule has 0 bridgehead atoms. The Morgan fingerprint density at radius 1 is 1.22 bits per heavy atom. The van der Waals surface area contributed by atoms with Gasteiger partial charge in [0, 0.05) is 6.42 Å². The van der Waals surface area contributed by atoms with E-state index < -0.39 is 5.97 Å². The zero-order valence-corrected chi connectivity index (χ0v) is 10.8. The molecule has 98 valence electrons. The predicted octanol–water partition coefficient (Wildman–Crippen LogP) is 2.40. The largest absolute Gasteiger partial charge is 0.495 e. The van der Waals surface area contributed by atoms with E-state index in [1.807, 2.05) is 0 Å². The molecule has 1 rings (SSSR count). The van der Waals surface area contributed by atoms with Crippen LogP contribution in [0, 0.1) is 0 Å². The first kappa shape index (κ1) is 14.3. The van der Waals surface area contributed by atoms with Gasteiger partial charge in [0.15, 0.2) is 11.5 Å². The number of ether oxygens (including phenoxy) is 2. The van der Waals surface area contributed by atoms with Crippen molar-refractivity contribution in [2.24, 2.45) is 0 Å². The van der Waals surface area contributed by atoms with Gasteiger partial charge in [-0.2, -0.15) is 0 Å². The lowest BCUT2D eigenvalue weighted by Gasteiger charge is -2.12. The average Bonchev–Trinajstić information content (AvgIpc) is 2.35. The molecular weight excluding hydrogens is 260 g/mol. The van der Waals surface area contributed by atoms with Crippen LogP contribution in [-0.2, 0) is 4.79 Å². The van der Waals surface area contributed by atoms with Gasteiger partial charge in [-0.1, -0.05) is 11.6 Å². The molecule has 0 saturated carbocycles. The lowest BCUT2D eigenvalue weighted by molar-refractivity contribution is -0.136. The number of hydrogen-bond acceptors (Lipinski definition) is 4. The molecule has 0 atom stereocenters. The van der Waals surface area contributed by atoms with Crippen molar-refractivity contribution in [2.75, 3.05) is 14.2 Å². The van der Waals surface area contributed by atoms with Crippen LogP contribution in [0.2, 0.25) is 5.02 Å². The number of carbonyl (C=O) groups is 2. The molecule has 0 amide bonds. The van der Waals surface area contributed by atoms with E-state index in [4.69, 9.17) is 26.2 Å². The maximum atomic E-state index is 11.8. The molecular formula is C12H13ClO5. The summed E-state index contributed by atoms with van der Waals surface area (Å²) in [6.45, 7) is 0. The third-order valence-corrected chi connectivity index (χ3v) is 2.71. The minimum atomic E-state index is -1.03. The van der Waals surface area contributed by atoms with E-state index in [1.165, 1.54) is 20.3 Å². The fourth-order valence-corrected chi connectivity index (χ4v) is 1.79. The van der Waals surface area contributed by atoms with E-state index in [-0.39, 0.29) is 35.0 Å². The summed E-state index contributed by atoms with van der Waals surface area (Å²) in [5.74, 6) is -0.768. The molecule has 0 unspecified atom stereocenters. The van der Waals surface area contributed by atoms with Crippen molar-refractivity contribution in [3.8, 4) is 11.5 Å². The van der Waals surface area contributed by atoms with Gasteiger partial charge in [0.25, 0.3) is 0 Å². The van der Waals surface area contributed by atoms with Gasteiger partial charge in [-0.15, -0.1) is 0 Å². The Bertz CT molecular complexity index is 470. The molecule has 0 spiro atoms. The van der Waals surface area contributed by atoms with Gasteiger partial charge in [0.1, 0.15) is 10.8 Å². The van der Waals surface area contributed by atoms with Crippen LogP contribution in [0.25, 0.3) is 0 Å². The predicted molar refractivity (Wildman–Crippen MR) is 65.8 cm³/mol. The molecule has 0 fully saturated rings. The maximum Gasteiger partial charge on any atom is 0.303 e. The third-order valence-electron chi connectivity index (χ3n) is 2.35. The maximum absolute atomic E-state index is 11.8. The van der Waals surface area contributed by atoms with Crippen molar-refractivity contribution in [3.63, 3.8) is 0 Å². The van der Waals surface area contributed by atoms with Crippen LogP contribution in [0.1, 0.15) is 23.2 Å². The minimum Gasteiger partial charge on any atom is -0.495 e. The van der Waals surface area contributed by atoms with Gasteiger partial charge in [0.05, 0.1) is 26.2 Å². The lowest BCUT2D eigenvalue weighted by atomic mass is 10.1. The zero-order valence-electron chi connectivity index (χ0n) is 10.0. The van der Waals surface area contributed by atoms with Gasteiger partial charge in [-0.3, -0.25) is 9.59 Å². The molecule has 0 aromatic heterocycles. The summed E-state index contributed by atoms with van der Waals surface area (Å²) in [7, 11) is 2.83. The van der Waals surface area contributed by atoms with E-state index in [0.29, 0.717) is 5.75 Å². The monoisotopic (exact) mass is 272 g/mol. The van der Waals surface area contributed by atoms with Crippen molar-refractivity contribution in [2.45, 2.75) is 12.8 Å². The standard InChI is InChI=1S/C12H13ClO5/c1-17-9-5-3-7(12(18-2)11(9)13)8(14)4-6-10(15)16/h3,5H,4,6H2,1-2H3,(H,15,16). The Morgan fingerprint density at radius 2 is 1.89 bits per heavy atom. The van der Waals surface area contributed by atoms with Crippen LogP contribution >= 0.6 is 11.6 Å². The Hall–Kier alpha value is -1.75. The Morgan fingerprint density at radius 3 is 2.39 bits per heavy atom. The second kappa shape index (κ2) is 6.26. The molecule has 18 heavy (non-hydrogen) atoms. The molecule has 0 radical (unpaired) electrons. The number of benzene rings is 1. The topological polar surface area (TPSA) is 72.8 Å². The summed E-state index contributed by atoms with van der Waals surface area (Å²) in [6.07, 6.45) is -0.333. The number of carboxylic acids is 1. The first-order valence-electron chi connectivity index (χ1n) is 5.16. The van der Waals surface area contributed by atoms with Gasteiger partial charge in [-0.25, -0.2) is 0 Å². The lowest BCUT2D eigenvalue weighted by Crippen LogP contribution is -2.06. The molecule has 0 saturated heterocycles. The fraction of sp³-hybridized carbons (Fsp3) is 0.333. The number of rotatable bonds is 6. The molecule has 0 heterocycles. The summed E-state index contributed by atoms with van der Waals surface area (Å²) in [5.41, 5.74) is 0.254. The molecule has 6 heteroatoms. The van der Waals surface area contributed by atoms with Gasteiger partial charge >= 0.3 is 5.97 Å². The van der Waals surface area contributed by atoms with Crippen LogP contribution in [0.5, 0.6) is 11.5 Å². The van der Waals surface area contributed by atoms with Crippen molar-refractivity contribution < 1.29 is 24.2 Å². The van der Waals surface area contributed by atoms with E-state index in [2.05, 4.69) is 0 Å². The number of aliphatic carboxylic acids is 1. The van der Waals surface area contributed by atoms with E-state index in [9.17, 15) is 9.59 Å². The molecule has 1 aromatic carbocycles. The van der Waals surface area contributed by atoms with E-state index in [1.54, 1.807) is 6.07 Å². The highest BCUT2D eigenvalue weighted by molar-refractivity contribution is 6.34. The highest BCUT2D eigenvalue weighted by atomic mass is 35.5. The summed E-state index contributed by atoms with van der Waals surface area (Å²) in [6, 6.07) is 3.05. The van der Waals surface area contributed by atoms with E-state index in [0.717, 1.165) is 0 Å². The van der Waals surface area contributed by atoms with Crippen molar-refractivity contribution in [1.82, 2.24) is 0 Å². The number of Topliss-reactive ketones (excluding diaryl/α,β-unsaturated/α-hetero) is 1. The smallest absolute Gasteiger partial charge is 0.303 e. The molecule has 5 nitrogen and oxygen atoms in total. The summed E-state index contributed by atoms with van der Waals surface area (Å²) < 4.78 is 10.1. The molecule has 0 aliphatic carbocycles. The molecule has 0 aliphatic heterocycles. The SMILES string of the molecule is COc1ccc(C(=O)CCC(=O)O)c(OC)c1Cl. The summed E-state index contributed by atoms with van der Waals surface area (Å²) in [4.78, 5) is 22.3. The first-order chi connectivity index (χ1) is 8.51. The number of hydrogen-bond donors (Lipinski definition) is 1. The Labute approximate surface area is 109 Å². The highest BCUT2D eigenvalue weighted by Crippen LogP contribution is 2.37. The number of carbonyl (C=O) groups excluding carboxylic acids is 1. The van der Waals surface area contributed by atoms with Crippen molar-refractivity contribution in [1.29, 1.82) is 0 Å². The normalized spacial score (nSPS) is 9.94. The highest BCUT2D eigenvalue weighted by Gasteiger charge is 2.18. The average molecular weight is 273 g/mol. The zero-order chi connectivity index (χ0) is 13.7. The number of ketones is 1. The Kier molecular flexibility index (Phi) is 4.97. The van der Waals surface area contributed by atoms with Gasteiger partial charge in [-0.05, 0) is 12.1 Å². The van der Waals surface area contributed by atoms with Gasteiger partial charge in [0.2, 0.25) is 0 Å². The van der Waals surface area contributed by atoms with Crippen molar-refractivity contribution >= 4 is 23.4 Å². The van der Waals surface area contributed by atoms with Gasteiger partial charge < -0.3 is 14.6 Å². The minimum absolute atomic E-state index is 0.103.